The summed E-state index contributed by atoms with van der Waals surface area (Å²) in [4.78, 5) is 22.8. The third kappa shape index (κ3) is 6.12. The monoisotopic (exact) mass is 362 g/mol. The molecule has 4 nitrogen and oxygen atoms in total. The SMILES string of the molecule is C=C(C)C(=O)OCC=Cc1ccc(-c2ccc(OC(=O)C(=C)C)cc2)cc1. The van der Waals surface area contributed by atoms with Crippen molar-refractivity contribution in [2.24, 2.45) is 0 Å². The van der Waals surface area contributed by atoms with Gasteiger partial charge >= 0.3 is 11.9 Å². The highest BCUT2D eigenvalue weighted by molar-refractivity contribution is 5.89. The Morgan fingerprint density at radius 2 is 1.37 bits per heavy atom. The fraction of sp³-hybridized carbons (Fsp3) is 0.130. The first-order chi connectivity index (χ1) is 12.9. The minimum absolute atomic E-state index is 0.206. The molecule has 0 spiro atoms. The van der Waals surface area contributed by atoms with Gasteiger partial charge in [0.2, 0.25) is 0 Å². The van der Waals surface area contributed by atoms with Crippen molar-refractivity contribution < 1.29 is 19.1 Å². The lowest BCUT2D eigenvalue weighted by Gasteiger charge is -2.06. The Kier molecular flexibility index (Phi) is 6.89. The van der Waals surface area contributed by atoms with Gasteiger partial charge in [-0.15, -0.1) is 0 Å². The summed E-state index contributed by atoms with van der Waals surface area (Å²) < 4.78 is 10.2. The molecule has 0 fully saturated rings. The number of rotatable bonds is 7. The molecule has 0 atom stereocenters. The molecule has 0 aromatic heterocycles. The van der Waals surface area contributed by atoms with Gasteiger partial charge in [-0.05, 0) is 48.7 Å². The number of hydrogen-bond acceptors (Lipinski definition) is 4. The summed E-state index contributed by atoms with van der Waals surface area (Å²) >= 11 is 0. The van der Waals surface area contributed by atoms with Gasteiger partial charge in [0.15, 0.2) is 0 Å². The van der Waals surface area contributed by atoms with Crippen molar-refractivity contribution in [3.63, 3.8) is 0 Å². The van der Waals surface area contributed by atoms with Crippen molar-refractivity contribution in [2.45, 2.75) is 13.8 Å². The average molecular weight is 362 g/mol. The fourth-order valence-electron chi connectivity index (χ4n) is 2.13. The molecule has 4 heteroatoms. The van der Waals surface area contributed by atoms with E-state index in [2.05, 4.69) is 13.2 Å². The lowest BCUT2D eigenvalue weighted by Crippen LogP contribution is -2.07. The standard InChI is InChI=1S/C23H22O4/c1-16(2)22(24)26-15-5-6-18-7-9-19(10-8-18)20-11-13-21(14-12-20)27-23(25)17(3)4/h5-14H,1,3,15H2,2,4H3. The summed E-state index contributed by atoms with van der Waals surface area (Å²) in [5.41, 5.74) is 3.79. The van der Waals surface area contributed by atoms with Crippen LogP contribution in [0.25, 0.3) is 17.2 Å². The van der Waals surface area contributed by atoms with E-state index < -0.39 is 11.9 Å². The molecule has 138 valence electrons. The van der Waals surface area contributed by atoms with Gasteiger partial charge in [-0.2, -0.15) is 0 Å². The molecule has 2 aromatic carbocycles. The van der Waals surface area contributed by atoms with Gasteiger partial charge in [0, 0.05) is 11.1 Å². The fourth-order valence-corrected chi connectivity index (χ4v) is 2.13. The zero-order valence-electron chi connectivity index (χ0n) is 15.5. The van der Waals surface area contributed by atoms with E-state index >= 15 is 0 Å². The number of esters is 2. The average Bonchev–Trinajstić information content (AvgIpc) is 2.66. The number of ether oxygens (including phenoxy) is 2. The molecule has 2 rings (SSSR count). The minimum atomic E-state index is -0.437. The molecule has 27 heavy (non-hydrogen) atoms. The summed E-state index contributed by atoms with van der Waals surface area (Å²) in [7, 11) is 0. The van der Waals surface area contributed by atoms with Crippen LogP contribution in [0.3, 0.4) is 0 Å². The third-order valence-electron chi connectivity index (χ3n) is 3.63. The molecule has 0 aliphatic heterocycles. The summed E-state index contributed by atoms with van der Waals surface area (Å²) in [6.07, 6.45) is 3.66. The van der Waals surface area contributed by atoms with Crippen molar-refractivity contribution >= 4 is 18.0 Å². The number of benzene rings is 2. The Morgan fingerprint density at radius 1 is 0.852 bits per heavy atom. The van der Waals surface area contributed by atoms with Crippen LogP contribution in [-0.4, -0.2) is 18.5 Å². The predicted octanol–water partition coefficient (Wildman–Crippen LogP) is 4.97. The van der Waals surface area contributed by atoms with E-state index in [0.717, 1.165) is 16.7 Å². The summed E-state index contributed by atoms with van der Waals surface area (Å²) in [5.74, 6) is -0.351. The Morgan fingerprint density at radius 3 is 1.89 bits per heavy atom. The maximum absolute atomic E-state index is 11.5. The Labute approximate surface area is 159 Å². The lowest BCUT2D eigenvalue weighted by molar-refractivity contribution is -0.137. The van der Waals surface area contributed by atoms with Crippen molar-refractivity contribution in [1.29, 1.82) is 0 Å². The molecule has 2 aromatic rings. The second-order valence-corrected chi connectivity index (χ2v) is 6.10. The van der Waals surface area contributed by atoms with Crippen LogP contribution in [0.2, 0.25) is 0 Å². The van der Waals surface area contributed by atoms with Crippen molar-refractivity contribution in [3.05, 3.63) is 84.5 Å². The summed E-state index contributed by atoms with van der Waals surface area (Å²) in [6, 6.07) is 15.2. The second-order valence-electron chi connectivity index (χ2n) is 6.10. The minimum Gasteiger partial charge on any atom is -0.458 e. The molecule has 0 saturated heterocycles. The molecule has 0 saturated carbocycles. The van der Waals surface area contributed by atoms with E-state index in [1.165, 1.54) is 0 Å². The molecule has 0 bridgehead atoms. The first kappa shape index (κ1) is 19.9. The highest BCUT2D eigenvalue weighted by Gasteiger charge is 2.05. The zero-order valence-corrected chi connectivity index (χ0v) is 15.5. The quantitative estimate of drug-likeness (QED) is 0.396. The molecule has 0 unspecified atom stereocenters. The normalized spacial score (nSPS) is 10.4. The Bertz CT molecular complexity index is 872. The molecule has 0 aliphatic carbocycles. The van der Waals surface area contributed by atoms with E-state index in [1.54, 1.807) is 32.1 Å². The van der Waals surface area contributed by atoms with Gasteiger partial charge in [0.25, 0.3) is 0 Å². The highest BCUT2D eigenvalue weighted by atomic mass is 16.5. The maximum Gasteiger partial charge on any atom is 0.338 e. The van der Waals surface area contributed by atoms with Crippen LogP contribution in [0.1, 0.15) is 19.4 Å². The maximum atomic E-state index is 11.5. The first-order valence-corrected chi connectivity index (χ1v) is 8.44. The molecule has 0 aliphatic rings. The van der Waals surface area contributed by atoms with Crippen LogP contribution in [0.4, 0.5) is 0 Å². The predicted molar refractivity (Wildman–Crippen MR) is 107 cm³/mol. The lowest BCUT2D eigenvalue weighted by atomic mass is 10.0. The highest BCUT2D eigenvalue weighted by Crippen LogP contribution is 2.23. The van der Waals surface area contributed by atoms with Gasteiger partial charge in [0.05, 0.1) is 0 Å². The molecular weight excluding hydrogens is 340 g/mol. The van der Waals surface area contributed by atoms with Crippen molar-refractivity contribution in [3.8, 4) is 16.9 Å². The van der Waals surface area contributed by atoms with Gasteiger partial charge in [0.1, 0.15) is 12.4 Å². The van der Waals surface area contributed by atoms with E-state index in [4.69, 9.17) is 9.47 Å². The van der Waals surface area contributed by atoms with Crippen LogP contribution < -0.4 is 4.74 Å². The van der Waals surface area contributed by atoms with Gasteiger partial charge in [-0.3, -0.25) is 0 Å². The zero-order chi connectivity index (χ0) is 19.8. The topological polar surface area (TPSA) is 52.6 Å². The van der Waals surface area contributed by atoms with Gasteiger partial charge in [-0.25, -0.2) is 9.59 Å². The van der Waals surface area contributed by atoms with Crippen molar-refractivity contribution in [2.75, 3.05) is 6.61 Å². The van der Waals surface area contributed by atoms with E-state index in [0.29, 0.717) is 16.9 Å². The molecule has 0 heterocycles. The third-order valence-corrected chi connectivity index (χ3v) is 3.63. The summed E-state index contributed by atoms with van der Waals surface area (Å²) in [6.45, 7) is 10.5. The smallest absolute Gasteiger partial charge is 0.338 e. The molecular formula is C23H22O4. The van der Waals surface area contributed by atoms with E-state index in [9.17, 15) is 9.59 Å². The van der Waals surface area contributed by atoms with Crippen LogP contribution in [0.5, 0.6) is 5.75 Å². The number of hydrogen-bond donors (Lipinski definition) is 0. The molecule has 0 amide bonds. The van der Waals surface area contributed by atoms with Crippen LogP contribution >= 0.6 is 0 Å². The van der Waals surface area contributed by atoms with Gasteiger partial charge in [-0.1, -0.05) is 55.6 Å². The van der Waals surface area contributed by atoms with E-state index in [-0.39, 0.29) is 6.61 Å². The van der Waals surface area contributed by atoms with Crippen LogP contribution in [0, 0.1) is 0 Å². The first-order valence-electron chi connectivity index (χ1n) is 8.44. The number of carbonyl (C=O) groups is 2. The van der Waals surface area contributed by atoms with Gasteiger partial charge < -0.3 is 9.47 Å². The largest absolute Gasteiger partial charge is 0.458 e. The Balaban J connectivity index is 1.96. The van der Waals surface area contributed by atoms with E-state index in [1.807, 2.05) is 42.5 Å². The molecule has 0 N–H and O–H groups in total. The van der Waals surface area contributed by atoms with Crippen molar-refractivity contribution in [1.82, 2.24) is 0 Å². The van der Waals surface area contributed by atoms with Crippen LogP contribution in [0.15, 0.2) is 78.9 Å². The Hall–Kier alpha value is -3.40. The summed E-state index contributed by atoms with van der Waals surface area (Å²) in [5, 5.41) is 0. The number of carbonyl (C=O) groups excluding carboxylic acids is 2. The van der Waals surface area contributed by atoms with Crippen LogP contribution in [-0.2, 0) is 14.3 Å². The second kappa shape index (κ2) is 9.34. The molecule has 0 radical (unpaired) electrons.